The Hall–Kier alpha value is -4.41. The first-order valence-electron chi connectivity index (χ1n) is 13.2. The van der Waals surface area contributed by atoms with Crippen LogP contribution in [0.25, 0.3) is 22.4 Å². The van der Waals surface area contributed by atoms with Crippen molar-refractivity contribution in [2.24, 2.45) is 10.2 Å². The molecule has 0 unspecified atom stereocenters. The van der Waals surface area contributed by atoms with Gasteiger partial charge in [0.25, 0.3) is 5.56 Å². The number of morpholine rings is 1. The highest BCUT2D eigenvalue weighted by atomic mass is 16.5. The van der Waals surface area contributed by atoms with Crippen molar-refractivity contribution in [1.82, 2.24) is 15.1 Å². The molecule has 0 spiro atoms. The Morgan fingerprint density at radius 2 is 1.62 bits per heavy atom. The number of rotatable bonds is 11. The maximum absolute atomic E-state index is 12.6. The highest BCUT2D eigenvalue weighted by molar-refractivity contribution is 5.75. The van der Waals surface area contributed by atoms with Gasteiger partial charge in [0.05, 0.1) is 45.4 Å². The number of aromatic amines is 2. The van der Waals surface area contributed by atoms with E-state index in [9.17, 15) is 4.79 Å². The Morgan fingerprint density at radius 3 is 2.40 bits per heavy atom. The number of benzene rings is 3. The Kier molecular flexibility index (Phi) is 8.89. The van der Waals surface area contributed by atoms with Crippen LogP contribution in [0.1, 0.15) is 6.42 Å². The summed E-state index contributed by atoms with van der Waals surface area (Å²) < 4.78 is 22.4. The molecule has 0 amide bonds. The van der Waals surface area contributed by atoms with Crippen LogP contribution in [0.3, 0.4) is 0 Å². The minimum atomic E-state index is -0.378. The van der Waals surface area contributed by atoms with Crippen LogP contribution >= 0.6 is 0 Å². The van der Waals surface area contributed by atoms with Crippen LogP contribution in [0.2, 0.25) is 0 Å². The Bertz CT molecular complexity index is 1490. The Labute approximate surface area is 232 Å². The normalized spacial score (nSPS) is 13.9. The van der Waals surface area contributed by atoms with E-state index >= 15 is 0 Å². The van der Waals surface area contributed by atoms with Crippen molar-refractivity contribution in [1.29, 1.82) is 0 Å². The zero-order valence-electron chi connectivity index (χ0n) is 22.7. The molecule has 10 heteroatoms. The molecule has 40 heavy (non-hydrogen) atoms. The van der Waals surface area contributed by atoms with Crippen LogP contribution in [0.15, 0.2) is 81.8 Å². The first-order chi connectivity index (χ1) is 19.7. The molecule has 1 aliphatic heterocycles. The smallest absolute Gasteiger partial charge is 0.292 e. The van der Waals surface area contributed by atoms with Gasteiger partial charge < -0.3 is 18.9 Å². The third-order valence-corrected chi connectivity index (χ3v) is 6.72. The lowest BCUT2D eigenvalue weighted by atomic mass is 10.0. The number of aromatic nitrogens is 2. The van der Waals surface area contributed by atoms with Crippen LogP contribution in [0.5, 0.6) is 17.2 Å². The average molecular weight is 544 g/mol. The first kappa shape index (κ1) is 27.2. The molecule has 0 bridgehead atoms. The molecule has 0 saturated carbocycles. The zero-order valence-corrected chi connectivity index (χ0v) is 22.7. The van der Waals surface area contributed by atoms with Crippen LogP contribution < -0.4 is 19.8 Å². The van der Waals surface area contributed by atoms with E-state index in [1.165, 1.54) is 0 Å². The lowest BCUT2D eigenvalue weighted by Crippen LogP contribution is -2.37. The number of ether oxygens (including phenoxy) is 4. The van der Waals surface area contributed by atoms with Crippen LogP contribution in [0.4, 0.5) is 11.4 Å². The fourth-order valence-electron chi connectivity index (χ4n) is 4.60. The topological polar surface area (TPSA) is 114 Å². The number of nitrogens with one attached hydrogen (secondary N) is 2. The predicted octanol–water partition coefficient (Wildman–Crippen LogP) is 5.57. The molecule has 1 aliphatic rings. The lowest BCUT2D eigenvalue weighted by Gasteiger charge is -2.26. The van der Waals surface area contributed by atoms with Gasteiger partial charge in [-0.1, -0.05) is 30.3 Å². The molecule has 2 N–H and O–H groups in total. The van der Waals surface area contributed by atoms with E-state index in [0.29, 0.717) is 35.1 Å². The number of azo groups is 1. The minimum absolute atomic E-state index is 0.164. The summed E-state index contributed by atoms with van der Waals surface area (Å²) in [6.45, 7) is 5.09. The maximum atomic E-state index is 12.6. The second-order valence-corrected chi connectivity index (χ2v) is 9.28. The maximum Gasteiger partial charge on any atom is 0.292 e. The third kappa shape index (κ3) is 6.41. The molecule has 2 heterocycles. The predicted molar refractivity (Wildman–Crippen MR) is 153 cm³/mol. The summed E-state index contributed by atoms with van der Waals surface area (Å²) in [6.07, 6.45) is 0.922. The number of nitrogens with zero attached hydrogens (tertiary/aromatic N) is 3. The number of methoxy groups -OCH3 is 2. The molecule has 3 aromatic carbocycles. The quantitative estimate of drug-likeness (QED) is 0.189. The molecular weight excluding hydrogens is 510 g/mol. The van der Waals surface area contributed by atoms with E-state index in [4.69, 9.17) is 18.9 Å². The average Bonchev–Trinajstić information content (AvgIpc) is 3.39. The third-order valence-electron chi connectivity index (χ3n) is 6.72. The van der Waals surface area contributed by atoms with Gasteiger partial charge in [-0.2, -0.15) is 5.11 Å². The fraction of sp³-hybridized carbons (Fsp3) is 0.300. The van der Waals surface area contributed by atoms with Crippen molar-refractivity contribution in [3.8, 4) is 39.6 Å². The van der Waals surface area contributed by atoms with Crippen molar-refractivity contribution in [2.75, 3.05) is 53.7 Å². The van der Waals surface area contributed by atoms with Gasteiger partial charge in [0, 0.05) is 30.8 Å². The molecule has 0 aliphatic carbocycles. The van der Waals surface area contributed by atoms with Crippen molar-refractivity contribution in [3.63, 3.8) is 0 Å². The molecule has 0 atom stereocenters. The monoisotopic (exact) mass is 543 g/mol. The summed E-state index contributed by atoms with van der Waals surface area (Å²) in [4.78, 5) is 15.0. The molecule has 10 nitrogen and oxygen atoms in total. The van der Waals surface area contributed by atoms with Gasteiger partial charge >= 0.3 is 0 Å². The van der Waals surface area contributed by atoms with E-state index in [2.05, 4.69) is 25.3 Å². The molecule has 208 valence electrons. The van der Waals surface area contributed by atoms with Gasteiger partial charge in [-0.3, -0.25) is 19.9 Å². The molecule has 1 saturated heterocycles. The summed E-state index contributed by atoms with van der Waals surface area (Å²) in [5.74, 6) is 1.90. The number of hydrogen-bond donors (Lipinski definition) is 2. The van der Waals surface area contributed by atoms with E-state index in [1.807, 2.05) is 54.6 Å². The van der Waals surface area contributed by atoms with Gasteiger partial charge in [0.15, 0.2) is 17.2 Å². The van der Waals surface area contributed by atoms with Gasteiger partial charge in [-0.15, -0.1) is 5.11 Å². The molecular formula is C30H33N5O5. The van der Waals surface area contributed by atoms with Crippen molar-refractivity contribution >= 4 is 11.4 Å². The highest BCUT2D eigenvalue weighted by Crippen LogP contribution is 2.36. The largest absolute Gasteiger partial charge is 0.493 e. The summed E-state index contributed by atoms with van der Waals surface area (Å²) >= 11 is 0. The van der Waals surface area contributed by atoms with E-state index in [0.717, 1.165) is 56.1 Å². The number of H-pyrrole nitrogens is 2. The van der Waals surface area contributed by atoms with Crippen LogP contribution in [-0.4, -0.2) is 68.8 Å². The number of hydrogen-bond acceptors (Lipinski definition) is 8. The van der Waals surface area contributed by atoms with Gasteiger partial charge in [-0.05, 0) is 48.4 Å². The summed E-state index contributed by atoms with van der Waals surface area (Å²) in [6, 6.07) is 21.0. The first-order valence-corrected chi connectivity index (χ1v) is 13.2. The fourth-order valence-corrected chi connectivity index (χ4v) is 4.60. The van der Waals surface area contributed by atoms with E-state index in [-0.39, 0.29) is 11.2 Å². The highest BCUT2D eigenvalue weighted by Gasteiger charge is 2.15. The Morgan fingerprint density at radius 1 is 0.850 bits per heavy atom. The lowest BCUT2D eigenvalue weighted by molar-refractivity contribution is 0.0358. The van der Waals surface area contributed by atoms with Crippen molar-refractivity contribution in [2.45, 2.75) is 6.42 Å². The molecule has 0 radical (unpaired) electrons. The van der Waals surface area contributed by atoms with E-state index < -0.39 is 0 Å². The summed E-state index contributed by atoms with van der Waals surface area (Å²) in [5.41, 5.74) is 3.50. The van der Waals surface area contributed by atoms with E-state index in [1.54, 1.807) is 26.4 Å². The Balaban J connectivity index is 1.37. The van der Waals surface area contributed by atoms with Crippen LogP contribution in [0, 0.1) is 0 Å². The minimum Gasteiger partial charge on any atom is -0.493 e. The molecule has 5 rings (SSSR count). The van der Waals surface area contributed by atoms with Crippen molar-refractivity contribution in [3.05, 3.63) is 77.1 Å². The standard InChI is InChI=1S/C30H33N5O5/c1-37-26-11-9-22(19-27(26)38-2)28-29(30(36)34-32-28)33-31-23-10-12-25(24(20-23)21-7-4-3-5-8-21)40-16-6-13-35-14-17-39-18-15-35/h3-5,7-12,19-20H,6,13-18H2,1-2H3,(H2,32,34,36). The summed E-state index contributed by atoms with van der Waals surface area (Å²) in [7, 11) is 3.13. The second-order valence-electron chi connectivity index (χ2n) is 9.28. The van der Waals surface area contributed by atoms with Crippen LogP contribution in [-0.2, 0) is 4.74 Å². The molecule has 1 aromatic heterocycles. The SMILES string of the molecule is COc1ccc(-c2[nH][nH]c(=O)c2N=Nc2ccc(OCCCN3CCOCC3)c(-c3ccccc3)c2)cc1OC. The van der Waals surface area contributed by atoms with Gasteiger partial charge in [0.2, 0.25) is 0 Å². The summed E-state index contributed by atoms with van der Waals surface area (Å²) in [5, 5.41) is 14.2. The molecule has 4 aromatic rings. The van der Waals surface area contributed by atoms with Crippen molar-refractivity contribution < 1.29 is 18.9 Å². The van der Waals surface area contributed by atoms with Gasteiger partial charge in [-0.25, -0.2) is 0 Å². The zero-order chi connectivity index (χ0) is 27.7. The molecule has 1 fully saturated rings. The van der Waals surface area contributed by atoms with Gasteiger partial charge in [0.1, 0.15) is 5.75 Å². The second kappa shape index (κ2) is 13.1.